The molecular weight excluding hydrogens is 390 g/mol. The van der Waals surface area contributed by atoms with Crippen LogP contribution in [-0.4, -0.2) is 41.0 Å². The van der Waals surface area contributed by atoms with Gasteiger partial charge in [0.1, 0.15) is 17.1 Å². The SMILES string of the molecule is COc1ccc(OC)c(C2CCCN2C(=O)/C=C/c2c(Cl)nc3ccccn23)c1. The second kappa shape index (κ2) is 8.17. The van der Waals surface area contributed by atoms with E-state index in [1.165, 1.54) is 0 Å². The summed E-state index contributed by atoms with van der Waals surface area (Å²) in [5.41, 5.74) is 2.38. The average Bonchev–Trinajstić information content (AvgIpc) is 3.35. The van der Waals surface area contributed by atoms with E-state index in [0.29, 0.717) is 17.4 Å². The number of methoxy groups -OCH3 is 2. The van der Waals surface area contributed by atoms with Gasteiger partial charge in [0.05, 0.1) is 26.0 Å². The monoisotopic (exact) mass is 411 g/mol. The molecule has 1 aliphatic rings. The predicted octanol–water partition coefficient (Wildman–Crippen LogP) is 4.38. The molecule has 0 aliphatic carbocycles. The Kier molecular flexibility index (Phi) is 5.45. The zero-order chi connectivity index (χ0) is 20.4. The lowest BCUT2D eigenvalue weighted by atomic mass is 10.0. The highest BCUT2D eigenvalue weighted by Crippen LogP contribution is 2.39. The maximum Gasteiger partial charge on any atom is 0.247 e. The van der Waals surface area contributed by atoms with Gasteiger partial charge in [0.15, 0.2) is 5.15 Å². The first-order valence-electron chi connectivity index (χ1n) is 9.45. The van der Waals surface area contributed by atoms with Crippen molar-refractivity contribution in [3.8, 4) is 11.5 Å². The number of amides is 1. The lowest BCUT2D eigenvalue weighted by molar-refractivity contribution is -0.126. The molecule has 1 saturated heterocycles. The normalized spacial score (nSPS) is 16.7. The second-order valence-electron chi connectivity index (χ2n) is 6.85. The first-order valence-corrected chi connectivity index (χ1v) is 9.83. The molecule has 29 heavy (non-hydrogen) atoms. The Morgan fingerprint density at radius 3 is 2.90 bits per heavy atom. The summed E-state index contributed by atoms with van der Waals surface area (Å²) in [6.07, 6.45) is 6.97. The maximum absolute atomic E-state index is 13.0. The number of carbonyl (C=O) groups is 1. The zero-order valence-corrected chi connectivity index (χ0v) is 17.1. The number of nitrogens with zero attached hydrogens (tertiary/aromatic N) is 3. The molecule has 4 rings (SSSR count). The summed E-state index contributed by atoms with van der Waals surface area (Å²) in [6.45, 7) is 0.690. The molecule has 0 N–H and O–H groups in total. The van der Waals surface area contributed by atoms with Gasteiger partial charge in [-0.1, -0.05) is 17.7 Å². The van der Waals surface area contributed by atoms with Gasteiger partial charge in [-0.05, 0) is 49.2 Å². The quantitative estimate of drug-likeness (QED) is 0.584. The maximum atomic E-state index is 13.0. The third kappa shape index (κ3) is 3.68. The Morgan fingerprint density at radius 1 is 1.24 bits per heavy atom. The third-order valence-corrected chi connectivity index (χ3v) is 5.52. The van der Waals surface area contributed by atoms with E-state index in [0.717, 1.165) is 35.6 Å². The van der Waals surface area contributed by atoms with Crippen LogP contribution >= 0.6 is 11.6 Å². The minimum Gasteiger partial charge on any atom is -0.497 e. The minimum atomic E-state index is -0.0701. The van der Waals surface area contributed by atoms with Crippen LogP contribution in [0.3, 0.4) is 0 Å². The Morgan fingerprint density at radius 2 is 2.10 bits per heavy atom. The largest absolute Gasteiger partial charge is 0.497 e. The molecule has 0 spiro atoms. The van der Waals surface area contributed by atoms with Crippen molar-refractivity contribution in [1.82, 2.24) is 14.3 Å². The van der Waals surface area contributed by atoms with Crippen molar-refractivity contribution in [2.24, 2.45) is 0 Å². The summed E-state index contributed by atoms with van der Waals surface area (Å²) in [6, 6.07) is 11.3. The van der Waals surface area contributed by atoms with Crippen LogP contribution in [0.1, 0.15) is 30.1 Å². The lowest BCUT2D eigenvalue weighted by Crippen LogP contribution is -2.29. The number of carbonyl (C=O) groups excluding carboxylic acids is 1. The van der Waals surface area contributed by atoms with E-state index in [1.54, 1.807) is 26.4 Å². The molecule has 3 aromatic rings. The number of likely N-dealkylation sites (tertiary alicyclic amines) is 1. The molecule has 1 unspecified atom stereocenters. The Labute approximate surface area is 174 Å². The molecule has 150 valence electrons. The summed E-state index contributed by atoms with van der Waals surface area (Å²) in [4.78, 5) is 19.2. The molecule has 0 bridgehead atoms. The minimum absolute atomic E-state index is 0.0603. The van der Waals surface area contributed by atoms with Gasteiger partial charge in [-0.3, -0.25) is 9.20 Å². The molecule has 3 heterocycles. The Bertz CT molecular complexity index is 1080. The van der Waals surface area contributed by atoms with E-state index < -0.39 is 0 Å². The lowest BCUT2D eigenvalue weighted by Gasteiger charge is -2.25. The molecular formula is C22H22ClN3O3. The number of hydrogen-bond acceptors (Lipinski definition) is 4. The molecule has 2 aromatic heterocycles. The summed E-state index contributed by atoms with van der Waals surface area (Å²) in [5, 5.41) is 0.368. The number of halogens is 1. The van der Waals surface area contributed by atoms with Crippen molar-refractivity contribution >= 4 is 29.2 Å². The number of hydrogen-bond donors (Lipinski definition) is 0. The molecule has 1 atom stereocenters. The first-order chi connectivity index (χ1) is 14.1. The number of benzene rings is 1. The molecule has 6 nitrogen and oxygen atoms in total. The van der Waals surface area contributed by atoms with Crippen LogP contribution in [0.4, 0.5) is 0 Å². The van der Waals surface area contributed by atoms with Crippen LogP contribution in [0.15, 0.2) is 48.7 Å². The molecule has 1 fully saturated rings. The van der Waals surface area contributed by atoms with Gasteiger partial charge in [-0.2, -0.15) is 0 Å². The van der Waals surface area contributed by atoms with E-state index in [2.05, 4.69) is 4.98 Å². The summed E-state index contributed by atoms with van der Waals surface area (Å²) in [5.74, 6) is 1.43. The number of pyridine rings is 1. The van der Waals surface area contributed by atoms with Crippen LogP contribution in [0.2, 0.25) is 5.15 Å². The highest BCUT2D eigenvalue weighted by Gasteiger charge is 2.31. The predicted molar refractivity (Wildman–Crippen MR) is 112 cm³/mol. The van der Waals surface area contributed by atoms with Crippen molar-refractivity contribution in [1.29, 1.82) is 0 Å². The molecule has 0 saturated carbocycles. The highest BCUT2D eigenvalue weighted by atomic mass is 35.5. The van der Waals surface area contributed by atoms with E-state index in [-0.39, 0.29) is 11.9 Å². The Hall–Kier alpha value is -2.99. The van der Waals surface area contributed by atoms with Crippen molar-refractivity contribution in [2.45, 2.75) is 18.9 Å². The molecule has 1 aliphatic heterocycles. The third-order valence-electron chi connectivity index (χ3n) is 5.24. The van der Waals surface area contributed by atoms with Crippen LogP contribution in [0, 0.1) is 0 Å². The first kappa shape index (κ1) is 19.3. The fourth-order valence-corrected chi connectivity index (χ4v) is 4.08. The number of imidazole rings is 1. The van der Waals surface area contributed by atoms with Crippen molar-refractivity contribution < 1.29 is 14.3 Å². The number of aromatic nitrogens is 2. The van der Waals surface area contributed by atoms with Crippen LogP contribution in [0.5, 0.6) is 11.5 Å². The van der Waals surface area contributed by atoms with Crippen LogP contribution in [0.25, 0.3) is 11.7 Å². The fourth-order valence-electron chi connectivity index (χ4n) is 3.83. The summed E-state index contributed by atoms with van der Waals surface area (Å²) in [7, 11) is 3.27. The van der Waals surface area contributed by atoms with E-state index in [9.17, 15) is 4.79 Å². The zero-order valence-electron chi connectivity index (χ0n) is 16.3. The van der Waals surface area contributed by atoms with Crippen molar-refractivity contribution in [2.75, 3.05) is 20.8 Å². The van der Waals surface area contributed by atoms with Gasteiger partial charge in [-0.25, -0.2) is 4.98 Å². The van der Waals surface area contributed by atoms with Crippen LogP contribution < -0.4 is 9.47 Å². The number of rotatable bonds is 5. The molecule has 0 radical (unpaired) electrons. The standard InChI is InChI=1S/C22H22ClN3O3/c1-28-15-8-10-19(29-2)16(14-15)17-6-5-13-26(17)21(27)11-9-18-22(23)24-20-7-3-4-12-25(18)20/h3-4,7-12,14,17H,5-6,13H2,1-2H3/b11-9+. The van der Waals surface area contributed by atoms with Gasteiger partial charge in [-0.15, -0.1) is 0 Å². The van der Waals surface area contributed by atoms with Crippen molar-refractivity contribution in [3.05, 3.63) is 65.1 Å². The van der Waals surface area contributed by atoms with E-state index in [1.807, 2.05) is 51.9 Å². The molecule has 7 heteroatoms. The highest BCUT2D eigenvalue weighted by molar-refractivity contribution is 6.31. The van der Waals surface area contributed by atoms with Gasteiger partial charge < -0.3 is 14.4 Å². The summed E-state index contributed by atoms with van der Waals surface area (Å²) >= 11 is 6.27. The Balaban J connectivity index is 1.61. The molecule has 1 aromatic carbocycles. The smallest absolute Gasteiger partial charge is 0.247 e. The van der Waals surface area contributed by atoms with Gasteiger partial charge >= 0.3 is 0 Å². The van der Waals surface area contributed by atoms with Gasteiger partial charge in [0.2, 0.25) is 5.91 Å². The van der Waals surface area contributed by atoms with E-state index >= 15 is 0 Å². The average molecular weight is 412 g/mol. The van der Waals surface area contributed by atoms with Crippen LogP contribution in [-0.2, 0) is 4.79 Å². The molecule has 1 amide bonds. The summed E-state index contributed by atoms with van der Waals surface area (Å²) < 4.78 is 12.8. The van der Waals surface area contributed by atoms with Gasteiger partial charge in [0, 0.05) is 24.4 Å². The van der Waals surface area contributed by atoms with E-state index in [4.69, 9.17) is 21.1 Å². The topological polar surface area (TPSA) is 56.1 Å². The fraction of sp³-hybridized carbons (Fsp3) is 0.273. The van der Waals surface area contributed by atoms with Gasteiger partial charge in [0.25, 0.3) is 0 Å². The number of ether oxygens (including phenoxy) is 2. The van der Waals surface area contributed by atoms with Crippen molar-refractivity contribution in [3.63, 3.8) is 0 Å². The number of fused-ring (bicyclic) bond motifs is 1. The second-order valence-corrected chi connectivity index (χ2v) is 7.21.